The highest BCUT2D eigenvalue weighted by Crippen LogP contribution is 2.21. The van der Waals surface area contributed by atoms with Crippen LogP contribution in [0.5, 0.6) is 0 Å². The summed E-state index contributed by atoms with van der Waals surface area (Å²) in [5, 5.41) is 27.5. The number of carboxylic acid groups (broad SMARTS) is 1. The number of aliphatic hydroxyl groups is 2. The van der Waals surface area contributed by atoms with Crippen molar-refractivity contribution in [2.24, 2.45) is 0 Å². The van der Waals surface area contributed by atoms with E-state index in [0.29, 0.717) is 12.2 Å². The highest BCUT2D eigenvalue weighted by molar-refractivity contribution is 7.80. The first-order valence-electron chi connectivity index (χ1n) is 4.36. The van der Waals surface area contributed by atoms with Gasteiger partial charge in [0, 0.05) is 0 Å². The van der Waals surface area contributed by atoms with Gasteiger partial charge >= 0.3 is 5.97 Å². The second kappa shape index (κ2) is 5.20. The van der Waals surface area contributed by atoms with E-state index in [4.69, 9.17) is 9.52 Å². The van der Waals surface area contributed by atoms with Crippen molar-refractivity contribution in [1.82, 2.24) is 0 Å². The molecule has 0 spiro atoms. The lowest BCUT2D eigenvalue weighted by atomic mass is 10.1. The van der Waals surface area contributed by atoms with Crippen LogP contribution in [0.4, 0.5) is 0 Å². The zero-order valence-corrected chi connectivity index (χ0v) is 8.72. The number of aromatic carboxylic acids is 1. The maximum absolute atomic E-state index is 10.5. The third-order valence-electron chi connectivity index (χ3n) is 1.92. The van der Waals surface area contributed by atoms with E-state index < -0.39 is 18.2 Å². The fraction of sp³-hybridized carbons (Fsp3) is 0.444. The van der Waals surface area contributed by atoms with E-state index in [-0.39, 0.29) is 11.5 Å². The lowest BCUT2D eigenvalue weighted by Crippen LogP contribution is -2.18. The minimum absolute atomic E-state index is 0.0432. The third-order valence-corrected chi connectivity index (χ3v) is 2.18. The van der Waals surface area contributed by atoms with Crippen LogP contribution >= 0.6 is 12.6 Å². The molecule has 1 aromatic heterocycles. The van der Waals surface area contributed by atoms with E-state index in [1.54, 1.807) is 0 Å². The third kappa shape index (κ3) is 2.98. The molecule has 15 heavy (non-hydrogen) atoms. The smallest absolute Gasteiger partial charge is 0.371 e. The summed E-state index contributed by atoms with van der Waals surface area (Å²) < 4.78 is 4.84. The summed E-state index contributed by atoms with van der Waals surface area (Å²) in [6.07, 6.45) is -1.92. The van der Waals surface area contributed by atoms with Crippen LogP contribution in [0.15, 0.2) is 16.5 Å². The Kier molecular flexibility index (Phi) is 4.19. The van der Waals surface area contributed by atoms with Gasteiger partial charge in [0.25, 0.3) is 0 Å². The molecule has 2 atom stereocenters. The quantitative estimate of drug-likeness (QED) is 0.561. The fourth-order valence-electron chi connectivity index (χ4n) is 1.11. The van der Waals surface area contributed by atoms with Crippen molar-refractivity contribution in [3.63, 3.8) is 0 Å². The van der Waals surface area contributed by atoms with Crippen molar-refractivity contribution in [1.29, 1.82) is 0 Å². The molecule has 0 aromatic carbocycles. The molecule has 1 aromatic rings. The Morgan fingerprint density at radius 2 is 2.13 bits per heavy atom. The molecule has 0 radical (unpaired) electrons. The number of carboxylic acids is 1. The molecule has 0 aliphatic heterocycles. The molecule has 2 unspecified atom stereocenters. The van der Waals surface area contributed by atoms with Crippen LogP contribution in [0, 0.1) is 0 Å². The van der Waals surface area contributed by atoms with Gasteiger partial charge in [-0.05, 0) is 24.3 Å². The van der Waals surface area contributed by atoms with Gasteiger partial charge in [-0.25, -0.2) is 4.79 Å². The Hall–Kier alpha value is -0.980. The zero-order valence-electron chi connectivity index (χ0n) is 7.83. The molecule has 5 nitrogen and oxygen atoms in total. The Morgan fingerprint density at radius 3 is 2.60 bits per heavy atom. The standard InChI is InChI=1S/C9H12O5S/c10-5(3-4-15)8(11)6-1-2-7(14-6)9(12)13/h1-2,5,8,10-11,15H,3-4H2,(H,12,13). The van der Waals surface area contributed by atoms with Crippen molar-refractivity contribution in [2.45, 2.75) is 18.6 Å². The molecular formula is C9H12O5S. The average Bonchev–Trinajstić information content (AvgIpc) is 2.65. The first-order valence-corrected chi connectivity index (χ1v) is 4.99. The second-order valence-electron chi connectivity index (χ2n) is 3.03. The van der Waals surface area contributed by atoms with Crippen LogP contribution in [-0.2, 0) is 0 Å². The lowest BCUT2D eigenvalue weighted by Gasteiger charge is -2.14. The Balaban J connectivity index is 2.73. The van der Waals surface area contributed by atoms with E-state index in [9.17, 15) is 15.0 Å². The van der Waals surface area contributed by atoms with Gasteiger partial charge < -0.3 is 19.7 Å². The van der Waals surface area contributed by atoms with Crippen molar-refractivity contribution in [3.8, 4) is 0 Å². The molecule has 84 valence electrons. The molecule has 3 N–H and O–H groups in total. The van der Waals surface area contributed by atoms with Gasteiger partial charge in [0.2, 0.25) is 5.76 Å². The molecule has 0 saturated carbocycles. The van der Waals surface area contributed by atoms with Gasteiger partial charge in [-0.3, -0.25) is 0 Å². The minimum atomic E-state index is -1.22. The average molecular weight is 232 g/mol. The molecule has 0 aliphatic carbocycles. The van der Waals surface area contributed by atoms with Crippen molar-refractivity contribution in [2.75, 3.05) is 5.75 Å². The van der Waals surface area contributed by atoms with E-state index in [1.807, 2.05) is 0 Å². The highest BCUT2D eigenvalue weighted by atomic mass is 32.1. The molecule has 0 saturated heterocycles. The van der Waals surface area contributed by atoms with Gasteiger partial charge in [0.1, 0.15) is 11.9 Å². The summed E-state index contributed by atoms with van der Waals surface area (Å²) >= 11 is 3.91. The normalized spacial score (nSPS) is 14.9. The molecule has 0 bridgehead atoms. The van der Waals surface area contributed by atoms with Gasteiger partial charge in [0.05, 0.1) is 6.10 Å². The Morgan fingerprint density at radius 1 is 1.47 bits per heavy atom. The summed E-state index contributed by atoms with van der Waals surface area (Å²) in [4.78, 5) is 10.5. The van der Waals surface area contributed by atoms with Crippen LogP contribution < -0.4 is 0 Å². The Bertz CT molecular complexity index is 335. The molecule has 0 amide bonds. The largest absolute Gasteiger partial charge is 0.475 e. The van der Waals surface area contributed by atoms with E-state index in [2.05, 4.69) is 12.6 Å². The minimum Gasteiger partial charge on any atom is -0.475 e. The Labute approximate surface area is 91.7 Å². The number of hydrogen-bond acceptors (Lipinski definition) is 5. The van der Waals surface area contributed by atoms with Gasteiger partial charge in [-0.15, -0.1) is 0 Å². The summed E-state index contributed by atoms with van der Waals surface area (Å²) in [5.74, 6) is -1.01. The number of thiol groups is 1. The number of aliphatic hydroxyl groups excluding tert-OH is 2. The summed E-state index contributed by atoms with van der Waals surface area (Å²) in [5.41, 5.74) is 0. The summed E-state index contributed by atoms with van der Waals surface area (Å²) in [6, 6.07) is 2.56. The van der Waals surface area contributed by atoms with E-state index in [1.165, 1.54) is 12.1 Å². The number of rotatable bonds is 5. The molecular weight excluding hydrogens is 220 g/mol. The first kappa shape index (κ1) is 12.1. The zero-order chi connectivity index (χ0) is 11.4. The van der Waals surface area contributed by atoms with E-state index in [0.717, 1.165) is 0 Å². The second-order valence-corrected chi connectivity index (χ2v) is 3.48. The molecule has 1 rings (SSSR count). The van der Waals surface area contributed by atoms with Crippen LogP contribution in [0.2, 0.25) is 0 Å². The van der Waals surface area contributed by atoms with Crippen LogP contribution in [0.25, 0.3) is 0 Å². The maximum atomic E-state index is 10.5. The van der Waals surface area contributed by atoms with Gasteiger partial charge in [-0.1, -0.05) is 0 Å². The molecule has 1 heterocycles. The predicted molar refractivity (Wildman–Crippen MR) is 55.1 cm³/mol. The number of carbonyl (C=O) groups is 1. The van der Waals surface area contributed by atoms with Crippen LogP contribution in [-0.4, -0.2) is 33.1 Å². The molecule has 0 aliphatic rings. The molecule has 6 heteroatoms. The monoisotopic (exact) mass is 232 g/mol. The van der Waals surface area contributed by atoms with Crippen LogP contribution in [0.1, 0.15) is 28.8 Å². The van der Waals surface area contributed by atoms with Crippen LogP contribution in [0.3, 0.4) is 0 Å². The lowest BCUT2D eigenvalue weighted by molar-refractivity contribution is 0.00351. The summed E-state index contributed by atoms with van der Waals surface area (Å²) in [7, 11) is 0. The fourth-order valence-corrected chi connectivity index (χ4v) is 1.37. The maximum Gasteiger partial charge on any atom is 0.371 e. The SMILES string of the molecule is O=C(O)c1ccc(C(O)C(O)CCS)o1. The molecule has 0 fully saturated rings. The summed E-state index contributed by atoms with van der Waals surface area (Å²) in [6.45, 7) is 0. The van der Waals surface area contributed by atoms with Crippen molar-refractivity contribution in [3.05, 3.63) is 23.7 Å². The van der Waals surface area contributed by atoms with Crippen molar-refractivity contribution >= 4 is 18.6 Å². The number of furan rings is 1. The number of hydrogen-bond donors (Lipinski definition) is 4. The van der Waals surface area contributed by atoms with E-state index >= 15 is 0 Å². The highest BCUT2D eigenvalue weighted by Gasteiger charge is 2.22. The predicted octanol–water partition coefficient (Wildman–Crippen LogP) is 0.692. The van der Waals surface area contributed by atoms with Gasteiger partial charge in [0.15, 0.2) is 0 Å². The topological polar surface area (TPSA) is 90.9 Å². The van der Waals surface area contributed by atoms with Crippen molar-refractivity contribution < 1.29 is 24.5 Å². The first-order chi connectivity index (χ1) is 7.06. The van der Waals surface area contributed by atoms with Gasteiger partial charge in [-0.2, -0.15) is 12.6 Å².